The lowest BCUT2D eigenvalue weighted by molar-refractivity contribution is -0.131. The molecule has 94 valence electrons. The number of aryl methyl sites for hydroxylation is 2. The minimum absolute atomic E-state index is 0.0563. The summed E-state index contributed by atoms with van der Waals surface area (Å²) in [5, 5.41) is 0. The third-order valence-electron chi connectivity index (χ3n) is 2.59. The van der Waals surface area contributed by atoms with Crippen LogP contribution in [0.5, 0.6) is 5.75 Å². The predicted molar refractivity (Wildman–Crippen MR) is 68.1 cm³/mol. The zero-order chi connectivity index (χ0) is 12.8. The molecule has 4 heteroatoms. The van der Waals surface area contributed by atoms with Crippen LogP contribution in [0.2, 0.25) is 0 Å². The number of rotatable bonds is 5. The largest absolute Gasteiger partial charge is 0.483 e. The van der Waals surface area contributed by atoms with E-state index in [9.17, 15) is 4.79 Å². The number of amides is 1. The Bertz CT molecular complexity index is 391. The fourth-order valence-electron chi connectivity index (χ4n) is 1.43. The molecule has 1 rings (SSSR count). The molecule has 17 heavy (non-hydrogen) atoms. The van der Waals surface area contributed by atoms with Crippen molar-refractivity contribution in [3.8, 4) is 5.75 Å². The molecule has 2 N–H and O–H groups in total. The number of carbonyl (C=O) groups is 1. The highest BCUT2D eigenvalue weighted by atomic mass is 16.5. The Balaban J connectivity index is 2.55. The van der Waals surface area contributed by atoms with Gasteiger partial charge >= 0.3 is 0 Å². The summed E-state index contributed by atoms with van der Waals surface area (Å²) in [6.45, 7) is 5.03. The van der Waals surface area contributed by atoms with E-state index in [2.05, 4.69) is 0 Å². The van der Waals surface area contributed by atoms with Gasteiger partial charge in [-0.3, -0.25) is 4.79 Å². The van der Waals surface area contributed by atoms with Gasteiger partial charge < -0.3 is 15.4 Å². The van der Waals surface area contributed by atoms with Crippen LogP contribution in [0.3, 0.4) is 0 Å². The van der Waals surface area contributed by atoms with E-state index >= 15 is 0 Å². The second kappa shape index (κ2) is 6.25. The molecular weight excluding hydrogens is 216 g/mol. The number of benzene rings is 1. The standard InChI is InChI=1S/C13H20N2O2/c1-10-4-5-11(2)12(8-10)17-9-13(16)15(3)7-6-14/h4-5,8H,6-7,9,14H2,1-3H3. The Hall–Kier alpha value is -1.55. The van der Waals surface area contributed by atoms with Gasteiger partial charge in [-0.2, -0.15) is 0 Å². The third-order valence-corrected chi connectivity index (χ3v) is 2.59. The molecule has 0 unspecified atom stereocenters. The normalized spacial score (nSPS) is 10.1. The average molecular weight is 236 g/mol. The van der Waals surface area contributed by atoms with E-state index in [1.807, 2.05) is 32.0 Å². The van der Waals surface area contributed by atoms with Gasteiger partial charge in [0, 0.05) is 20.1 Å². The maximum Gasteiger partial charge on any atom is 0.260 e. The zero-order valence-corrected chi connectivity index (χ0v) is 10.7. The molecule has 0 saturated carbocycles. The molecule has 0 heterocycles. The number of nitrogens with zero attached hydrogens (tertiary/aromatic N) is 1. The maximum absolute atomic E-state index is 11.6. The first-order valence-electron chi connectivity index (χ1n) is 5.68. The fraction of sp³-hybridized carbons (Fsp3) is 0.462. The first-order valence-corrected chi connectivity index (χ1v) is 5.68. The van der Waals surface area contributed by atoms with E-state index < -0.39 is 0 Å². The summed E-state index contributed by atoms with van der Waals surface area (Å²) in [5.41, 5.74) is 7.53. The van der Waals surface area contributed by atoms with Crippen molar-refractivity contribution in [1.29, 1.82) is 0 Å². The Morgan fingerprint density at radius 1 is 1.41 bits per heavy atom. The monoisotopic (exact) mass is 236 g/mol. The molecule has 1 amide bonds. The number of likely N-dealkylation sites (N-methyl/N-ethyl adjacent to an activating group) is 1. The molecule has 4 nitrogen and oxygen atoms in total. The highest BCUT2D eigenvalue weighted by Gasteiger charge is 2.09. The molecule has 0 radical (unpaired) electrons. The lowest BCUT2D eigenvalue weighted by atomic mass is 10.1. The van der Waals surface area contributed by atoms with Crippen LogP contribution >= 0.6 is 0 Å². The summed E-state index contributed by atoms with van der Waals surface area (Å²) in [6.07, 6.45) is 0. The predicted octanol–water partition coefficient (Wildman–Crippen LogP) is 1.10. The first-order chi connectivity index (χ1) is 8.04. The fourth-order valence-corrected chi connectivity index (χ4v) is 1.43. The second-order valence-electron chi connectivity index (χ2n) is 4.16. The molecule has 0 aromatic heterocycles. The van der Waals surface area contributed by atoms with E-state index in [0.29, 0.717) is 13.1 Å². The number of hydrogen-bond acceptors (Lipinski definition) is 3. The van der Waals surface area contributed by atoms with E-state index in [0.717, 1.165) is 16.9 Å². The van der Waals surface area contributed by atoms with Gasteiger partial charge in [0.05, 0.1) is 0 Å². The number of nitrogens with two attached hydrogens (primary N) is 1. The van der Waals surface area contributed by atoms with Gasteiger partial charge in [-0.1, -0.05) is 12.1 Å². The van der Waals surface area contributed by atoms with Crippen LogP contribution in [0.1, 0.15) is 11.1 Å². The summed E-state index contributed by atoms with van der Waals surface area (Å²) < 4.78 is 5.51. The topological polar surface area (TPSA) is 55.6 Å². The molecule has 0 aliphatic heterocycles. The molecule has 1 aromatic carbocycles. The van der Waals surface area contributed by atoms with Crippen LogP contribution < -0.4 is 10.5 Å². The Kier molecular flexibility index (Phi) is 4.97. The Morgan fingerprint density at radius 2 is 2.12 bits per heavy atom. The van der Waals surface area contributed by atoms with Crippen LogP contribution in [-0.2, 0) is 4.79 Å². The maximum atomic E-state index is 11.6. The number of ether oxygens (including phenoxy) is 1. The molecule has 1 aromatic rings. The Morgan fingerprint density at radius 3 is 2.76 bits per heavy atom. The minimum Gasteiger partial charge on any atom is -0.483 e. The average Bonchev–Trinajstić information content (AvgIpc) is 2.30. The van der Waals surface area contributed by atoms with Crippen molar-refractivity contribution in [1.82, 2.24) is 4.90 Å². The van der Waals surface area contributed by atoms with E-state index in [1.54, 1.807) is 11.9 Å². The second-order valence-corrected chi connectivity index (χ2v) is 4.16. The first kappa shape index (κ1) is 13.5. The highest BCUT2D eigenvalue weighted by molar-refractivity contribution is 5.77. The van der Waals surface area contributed by atoms with Crippen molar-refractivity contribution < 1.29 is 9.53 Å². The highest BCUT2D eigenvalue weighted by Crippen LogP contribution is 2.18. The molecule has 0 saturated heterocycles. The van der Waals surface area contributed by atoms with Gasteiger partial charge in [-0.05, 0) is 31.0 Å². The summed E-state index contributed by atoms with van der Waals surface area (Å²) in [4.78, 5) is 13.2. The molecule has 0 fully saturated rings. The lowest BCUT2D eigenvalue weighted by Gasteiger charge is -2.17. The molecule has 0 aliphatic carbocycles. The van der Waals surface area contributed by atoms with E-state index in [4.69, 9.17) is 10.5 Å². The molecule has 0 atom stereocenters. The van der Waals surface area contributed by atoms with Gasteiger partial charge in [0.1, 0.15) is 5.75 Å². The molecule has 0 bridgehead atoms. The van der Waals surface area contributed by atoms with Crippen molar-refractivity contribution in [2.75, 3.05) is 26.7 Å². The van der Waals surface area contributed by atoms with Crippen molar-refractivity contribution >= 4 is 5.91 Å². The van der Waals surface area contributed by atoms with Crippen LogP contribution in [0, 0.1) is 13.8 Å². The Labute approximate surface area is 102 Å². The summed E-state index contributed by atoms with van der Waals surface area (Å²) in [7, 11) is 1.72. The zero-order valence-electron chi connectivity index (χ0n) is 10.7. The SMILES string of the molecule is Cc1ccc(C)c(OCC(=O)N(C)CCN)c1. The van der Waals surface area contributed by atoms with Crippen LogP contribution in [0.15, 0.2) is 18.2 Å². The molecule has 0 spiro atoms. The van der Waals surface area contributed by atoms with E-state index in [1.165, 1.54) is 0 Å². The van der Waals surface area contributed by atoms with Gasteiger partial charge in [-0.15, -0.1) is 0 Å². The molecular formula is C13H20N2O2. The van der Waals surface area contributed by atoms with Gasteiger partial charge in [0.25, 0.3) is 5.91 Å². The lowest BCUT2D eigenvalue weighted by Crippen LogP contribution is -2.35. The van der Waals surface area contributed by atoms with Crippen molar-refractivity contribution in [3.63, 3.8) is 0 Å². The smallest absolute Gasteiger partial charge is 0.260 e. The quantitative estimate of drug-likeness (QED) is 0.833. The van der Waals surface area contributed by atoms with Crippen molar-refractivity contribution in [2.45, 2.75) is 13.8 Å². The van der Waals surface area contributed by atoms with Crippen molar-refractivity contribution in [3.05, 3.63) is 29.3 Å². The van der Waals surface area contributed by atoms with Gasteiger partial charge in [0.15, 0.2) is 6.61 Å². The van der Waals surface area contributed by atoms with E-state index in [-0.39, 0.29) is 12.5 Å². The molecule has 0 aliphatic rings. The van der Waals surface area contributed by atoms with Gasteiger partial charge in [0.2, 0.25) is 0 Å². The van der Waals surface area contributed by atoms with Crippen LogP contribution in [0.4, 0.5) is 0 Å². The van der Waals surface area contributed by atoms with Crippen LogP contribution in [0.25, 0.3) is 0 Å². The summed E-state index contributed by atoms with van der Waals surface area (Å²) in [5.74, 6) is 0.704. The van der Waals surface area contributed by atoms with Gasteiger partial charge in [-0.25, -0.2) is 0 Å². The summed E-state index contributed by atoms with van der Waals surface area (Å²) >= 11 is 0. The minimum atomic E-state index is -0.0589. The van der Waals surface area contributed by atoms with Crippen LogP contribution in [-0.4, -0.2) is 37.6 Å². The number of carbonyl (C=O) groups excluding carboxylic acids is 1. The summed E-state index contributed by atoms with van der Waals surface area (Å²) in [6, 6.07) is 5.94. The van der Waals surface area contributed by atoms with Crippen molar-refractivity contribution in [2.24, 2.45) is 5.73 Å². The number of hydrogen-bond donors (Lipinski definition) is 1. The third kappa shape index (κ3) is 4.07.